The monoisotopic (exact) mass is 590 g/mol. The standard InChI is InChI=1S/C30H27BrN2O6/c1-37-21-9-10-23-22(15-21)19(16-32-23)12-13-33-27(18-6-11-24(38-2)25(14-18)39-3)26(29(35)30(33)36)28(34)17-4-7-20(31)8-5-17/h4-11,14-16,27,32,34H,12-13H2,1-3H3/t27-/m1/s1. The number of H-pyrrole nitrogens is 1. The number of aliphatic hydroxyl groups excluding tert-OH is 1. The van der Waals surface area contributed by atoms with E-state index in [4.69, 9.17) is 14.2 Å². The number of nitrogens with one attached hydrogen (secondary N) is 1. The van der Waals surface area contributed by atoms with Gasteiger partial charge in [-0.15, -0.1) is 0 Å². The largest absolute Gasteiger partial charge is 0.507 e. The molecular weight excluding hydrogens is 564 g/mol. The van der Waals surface area contributed by atoms with Gasteiger partial charge in [-0.2, -0.15) is 0 Å². The maximum absolute atomic E-state index is 13.4. The predicted octanol–water partition coefficient (Wildman–Crippen LogP) is 5.62. The van der Waals surface area contributed by atoms with Crippen molar-refractivity contribution >= 4 is 44.3 Å². The molecule has 2 N–H and O–H groups in total. The van der Waals surface area contributed by atoms with Crippen LogP contribution < -0.4 is 14.2 Å². The topological polar surface area (TPSA) is 101 Å². The number of ether oxygens (including phenoxy) is 3. The maximum atomic E-state index is 13.4. The fourth-order valence-electron chi connectivity index (χ4n) is 4.98. The smallest absolute Gasteiger partial charge is 0.295 e. The fraction of sp³-hybridized carbons (Fsp3) is 0.200. The summed E-state index contributed by atoms with van der Waals surface area (Å²) < 4.78 is 17.1. The van der Waals surface area contributed by atoms with E-state index >= 15 is 0 Å². The lowest BCUT2D eigenvalue weighted by atomic mass is 9.95. The van der Waals surface area contributed by atoms with Crippen molar-refractivity contribution in [2.24, 2.45) is 0 Å². The van der Waals surface area contributed by atoms with Crippen molar-refractivity contribution in [3.63, 3.8) is 0 Å². The Hall–Kier alpha value is -4.24. The van der Waals surface area contributed by atoms with Gasteiger partial charge < -0.3 is 29.2 Å². The Kier molecular flexibility index (Phi) is 7.34. The number of hydrogen-bond acceptors (Lipinski definition) is 6. The van der Waals surface area contributed by atoms with Crippen LogP contribution in [0.25, 0.3) is 16.7 Å². The van der Waals surface area contributed by atoms with Gasteiger partial charge in [-0.25, -0.2) is 0 Å². The van der Waals surface area contributed by atoms with Gasteiger partial charge in [0.05, 0.1) is 32.9 Å². The molecule has 5 rings (SSSR count). The van der Waals surface area contributed by atoms with Gasteiger partial charge in [-0.05, 0) is 60.0 Å². The lowest BCUT2D eigenvalue weighted by Gasteiger charge is -2.26. The third kappa shape index (κ3) is 4.85. The summed E-state index contributed by atoms with van der Waals surface area (Å²) in [6.07, 6.45) is 2.37. The normalized spacial score (nSPS) is 16.6. The van der Waals surface area contributed by atoms with Crippen molar-refractivity contribution < 1.29 is 28.9 Å². The number of methoxy groups -OCH3 is 3. The van der Waals surface area contributed by atoms with E-state index in [1.807, 2.05) is 24.4 Å². The van der Waals surface area contributed by atoms with Crippen molar-refractivity contribution in [3.8, 4) is 17.2 Å². The zero-order valence-corrected chi connectivity index (χ0v) is 23.2. The van der Waals surface area contributed by atoms with Crippen molar-refractivity contribution in [3.05, 3.63) is 93.6 Å². The molecule has 0 bridgehead atoms. The van der Waals surface area contributed by atoms with E-state index < -0.39 is 17.7 Å². The van der Waals surface area contributed by atoms with E-state index in [2.05, 4.69) is 20.9 Å². The molecule has 1 atom stereocenters. The molecule has 9 heteroatoms. The van der Waals surface area contributed by atoms with Gasteiger partial charge in [0.1, 0.15) is 11.5 Å². The molecule has 8 nitrogen and oxygen atoms in total. The average Bonchev–Trinajstić information content (AvgIpc) is 3.48. The van der Waals surface area contributed by atoms with E-state index in [0.717, 1.165) is 26.7 Å². The number of aromatic amines is 1. The third-order valence-corrected chi connectivity index (χ3v) is 7.51. The summed E-state index contributed by atoms with van der Waals surface area (Å²) in [5.41, 5.74) is 3.00. The van der Waals surface area contributed by atoms with Crippen LogP contribution in [0.1, 0.15) is 22.7 Å². The number of halogens is 1. The third-order valence-electron chi connectivity index (χ3n) is 6.98. The van der Waals surface area contributed by atoms with Crippen molar-refractivity contribution in [1.29, 1.82) is 0 Å². The summed E-state index contributed by atoms with van der Waals surface area (Å²) >= 11 is 3.39. The highest BCUT2D eigenvalue weighted by molar-refractivity contribution is 9.10. The van der Waals surface area contributed by atoms with E-state index in [-0.39, 0.29) is 17.9 Å². The number of Topliss-reactive ketones (excluding diaryl/α,β-unsaturated/α-hetero) is 1. The number of amides is 1. The van der Waals surface area contributed by atoms with E-state index in [9.17, 15) is 14.7 Å². The van der Waals surface area contributed by atoms with E-state index in [1.54, 1.807) is 49.6 Å². The second-order valence-corrected chi connectivity index (χ2v) is 10.0. The Morgan fingerprint density at radius 1 is 0.949 bits per heavy atom. The van der Waals surface area contributed by atoms with Gasteiger partial charge in [-0.3, -0.25) is 9.59 Å². The van der Waals surface area contributed by atoms with Crippen LogP contribution in [0.5, 0.6) is 17.2 Å². The highest BCUT2D eigenvalue weighted by Gasteiger charge is 2.46. The van der Waals surface area contributed by atoms with Gasteiger partial charge in [0.15, 0.2) is 11.5 Å². The Bertz CT molecular complexity index is 1590. The number of likely N-dealkylation sites (tertiary alicyclic amines) is 1. The minimum absolute atomic E-state index is 0.0233. The molecule has 1 aliphatic heterocycles. The number of aromatic nitrogens is 1. The van der Waals surface area contributed by atoms with Crippen LogP contribution in [-0.2, 0) is 16.0 Å². The van der Waals surface area contributed by atoms with Crippen molar-refractivity contribution in [2.45, 2.75) is 12.5 Å². The number of hydrogen-bond donors (Lipinski definition) is 2. The molecule has 1 saturated heterocycles. The lowest BCUT2D eigenvalue weighted by Crippen LogP contribution is -2.31. The number of fused-ring (bicyclic) bond motifs is 1. The first-order chi connectivity index (χ1) is 18.9. The number of benzene rings is 3. The number of rotatable bonds is 8. The summed E-state index contributed by atoms with van der Waals surface area (Å²) in [5, 5.41) is 12.3. The molecule has 1 fully saturated rings. The second-order valence-electron chi connectivity index (χ2n) is 9.09. The van der Waals surface area contributed by atoms with Crippen molar-refractivity contribution in [2.75, 3.05) is 27.9 Å². The van der Waals surface area contributed by atoms with Crippen molar-refractivity contribution in [1.82, 2.24) is 9.88 Å². The molecule has 1 aliphatic rings. The Labute approximate surface area is 233 Å². The first-order valence-electron chi connectivity index (χ1n) is 12.3. The molecule has 0 radical (unpaired) electrons. The van der Waals surface area contributed by atoms with Gasteiger partial charge in [0.25, 0.3) is 11.7 Å². The zero-order chi connectivity index (χ0) is 27.7. The van der Waals surface area contributed by atoms with Crippen LogP contribution in [0.2, 0.25) is 0 Å². The van der Waals surface area contributed by atoms with Crippen LogP contribution >= 0.6 is 15.9 Å². The summed E-state index contributed by atoms with van der Waals surface area (Å²) in [4.78, 5) is 31.6. The van der Waals surface area contributed by atoms with Gasteiger partial charge in [0.2, 0.25) is 0 Å². The Morgan fingerprint density at radius 3 is 2.38 bits per heavy atom. The Balaban J connectivity index is 1.59. The number of carbonyl (C=O) groups is 2. The molecule has 1 aromatic heterocycles. The SMILES string of the molecule is COc1ccc2[nH]cc(CCN3C(=O)C(=O)C(=C(O)c4ccc(Br)cc4)[C@H]3c3ccc(OC)c(OC)c3)c2c1. The molecule has 0 saturated carbocycles. The molecule has 200 valence electrons. The number of aliphatic hydroxyl groups is 1. The van der Waals surface area contributed by atoms with Gasteiger partial charge >= 0.3 is 0 Å². The summed E-state index contributed by atoms with van der Waals surface area (Å²) in [6, 6.07) is 17.1. The van der Waals surface area contributed by atoms with Crippen LogP contribution in [-0.4, -0.2) is 54.6 Å². The highest BCUT2D eigenvalue weighted by atomic mass is 79.9. The molecule has 4 aromatic rings. The quantitative estimate of drug-likeness (QED) is 0.157. The van der Waals surface area contributed by atoms with E-state index in [0.29, 0.717) is 29.0 Å². The fourth-order valence-corrected chi connectivity index (χ4v) is 5.24. The minimum atomic E-state index is -0.826. The molecular formula is C30H27BrN2O6. The van der Waals surface area contributed by atoms with Gasteiger partial charge in [0, 0.05) is 33.7 Å². The van der Waals surface area contributed by atoms with Crippen LogP contribution in [0.3, 0.4) is 0 Å². The first-order valence-corrected chi connectivity index (χ1v) is 13.1. The molecule has 0 aliphatic carbocycles. The Morgan fingerprint density at radius 2 is 1.69 bits per heavy atom. The van der Waals surface area contributed by atoms with Crippen LogP contribution in [0.15, 0.2) is 76.9 Å². The van der Waals surface area contributed by atoms with Crippen LogP contribution in [0, 0.1) is 0 Å². The van der Waals surface area contributed by atoms with E-state index in [1.165, 1.54) is 19.1 Å². The molecule has 0 spiro atoms. The lowest BCUT2D eigenvalue weighted by molar-refractivity contribution is -0.139. The summed E-state index contributed by atoms with van der Waals surface area (Å²) in [5.74, 6) is 0.0389. The highest BCUT2D eigenvalue weighted by Crippen LogP contribution is 2.42. The zero-order valence-electron chi connectivity index (χ0n) is 21.7. The summed E-state index contributed by atoms with van der Waals surface area (Å²) in [7, 11) is 4.67. The molecule has 1 amide bonds. The second kappa shape index (κ2) is 10.9. The molecule has 39 heavy (non-hydrogen) atoms. The molecule has 3 aromatic carbocycles. The molecule has 0 unspecified atom stereocenters. The average molecular weight is 591 g/mol. The summed E-state index contributed by atoms with van der Waals surface area (Å²) in [6.45, 7) is 0.241. The number of nitrogens with zero attached hydrogens (tertiary/aromatic N) is 1. The van der Waals surface area contributed by atoms with Crippen LogP contribution in [0.4, 0.5) is 0 Å². The maximum Gasteiger partial charge on any atom is 0.295 e. The first kappa shape index (κ1) is 26.4. The van der Waals surface area contributed by atoms with Gasteiger partial charge in [-0.1, -0.05) is 34.1 Å². The molecule has 2 heterocycles. The number of ketones is 1. The predicted molar refractivity (Wildman–Crippen MR) is 151 cm³/mol. The minimum Gasteiger partial charge on any atom is -0.507 e. The number of carbonyl (C=O) groups excluding carboxylic acids is 2.